The molecule has 1 aromatic heterocycles. The SMILES string of the molecule is O=C(NC1CC1)C(=O)N1CCN(C(=O)c2cnn(-c3ccc(Cl)cc3)c2)CC1. The Balaban J connectivity index is 1.34. The summed E-state index contributed by atoms with van der Waals surface area (Å²) in [4.78, 5) is 40.0. The topological polar surface area (TPSA) is 87.5 Å². The lowest BCUT2D eigenvalue weighted by atomic mass is 10.2. The lowest BCUT2D eigenvalue weighted by Gasteiger charge is -2.34. The molecule has 2 aliphatic rings. The van der Waals surface area contributed by atoms with Gasteiger partial charge in [0, 0.05) is 43.4 Å². The van der Waals surface area contributed by atoms with E-state index in [1.54, 1.807) is 27.9 Å². The van der Waals surface area contributed by atoms with Crippen molar-refractivity contribution in [3.05, 3.63) is 47.2 Å². The Labute approximate surface area is 167 Å². The molecule has 2 aromatic rings. The Morgan fingerprint density at radius 3 is 2.29 bits per heavy atom. The van der Waals surface area contributed by atoms with E-state index in [0.29, 0.717) is 36.8 Å². The Hall–Kier alpha value is -2.87. The van der Waals surface area contributed by atoms with Crippen LogP contribution < -0.4 is 5.32 Å². The van der Waals surface area contributed by atoms with Gasteiger partial charge in [-0.2, -0.15) is 5.10 Å². The van der Waals surface area contributed by atoms with Crippen LogP contribution >= 0.6 is 11.6 Å². The van der Waals surface area contributed by atoms with E-state index in [4.69, 9.17) is 11.6 Å². The van der Waals surface area contributed by atoms with Crippen molar-refractivity contribution < 1.29 is 14.4 Å². The quantitative estimate of drug-likeness (QED) is 0.780. The Kier molecular flexibility index (Phi) is 5.04. The molecule has 3 amide bonds. The summed E-state index contributed by atoms with van der Waals surface area (Å²) in [6.45, 7) is 1.45. The number of amides is 3. The summed E-state index contributed by atoms with van der Waals surface area (Å²) in [5.74, 6) is -1.21. The molecule has 1 aliphatic carbocycles. The zero-order valence-corrected chi connectivity index (χ0v) is 15.9. The lowest BCUT2D eigenvalue weighted by Crippen LogP contribution is -2.54. The third-order valence-corrected chi connectivity index (χ3v) is 5.13. The number of aromatic nitrogens is 2. The Morgan fingerprint density at radius 1 is 1.00 bits per heavy atom. The Morgan fingerprint density at radius 2 is 1.64 bits per heavy atom. The predicted octanol–water partition coefficient (Wildman–Crippen LogP) is 1.09. The molecule has 0 atom stereocenters. The largest absolute Gasteiger partial charge is 0.345 e. The van der Waals surface area contributed by atoms with Gasteiger partial charge in [-0.25, -0.2) is 4.68 Å². The average molecular weight is 402 g/mol. The van der Waals surface area contributed by atoms with Gasteiger partial charge in [-0.1, -0.05) is 11.6 Å². The highest BCUT2D eigenvalue weighted by molar-refractivity contribution is 6.35. The fraction of sp³-hybridized carbons (Fsp3) is 0.368. The van der Waals surface area contributed by atoms with E-state index in [1.807, 2.05) is 12.1 Å². The van der Waals surface area contributed by atoms with Gasteiger partial charge in [0.15, 0.2) is 0 Å². The predicted molar refractivity (Wildman–Crippen MR) is 102 cm³/mol. The van der Waals surface area contributed by atoms with Gasteiger partial charge in [0.25, 0.3) is 5.91 Å². The van der Waals surface area contributed by atoms with Crippen LogP contribution in [-0.4, -0.2) is 69.5 Å². The number of benzene rings is 1. The third kappa shape index (κ3) is 4.01. The maximum absolute atomic E-state index is 12.7. The summed E-state index contributed by atoms with van der Waals surface area (Å²) in [5, 5.41) is 7.57. The van der Waals surface area contributed by atoms with Crippen LogP contribution in [0.25, 0.3) is 5.69 Å². The van der Waals surface area contributed by atoms with E-state index in [9.17, 15) is 14.4 Å². The minimum Gasteiger partial charge on any atom is -0.345 e. The van der Waals surface area contributed by atoms with Gasteiger partial charge >= 0.3 is 11.8 Å². The van der Waals surface area contributed by atoms with Crippen molar-refractivity contribution >= 4 is 29.3 Å². The first-order chi connectivity index (χ1) is 13.5. The molecule has 1 saturated heterocycles. The molecule has 1 aromatic carbocycles. The van der Waals surface area contributed by atoms with Crippen LogP contribution in [0.3, 0.4) is 0 Å². The second-order valence-corrected chi connectivity index (χ2v) is 7.42. The first kappa shape index (κ1) is 18.5. The third-order valence-electron chi connectivity index (χ3n) is 4.88. The van der Waals surface area contributed by atoms with Crippen molar-refractivity contribution in [1.82, 2.24) is 24.9 Å². The molecule has 9 heteroatoms. The van der Waals surface area contributed by atoms with Crippen molar-refractivity contribution in [2.45, 2.75) is 18.9 Å². The van der Waals surface area contributed by atoms with Crippen molar-refractivity contribution in [1.29, 1.82) is 0 Å². The number of hydrogen-bond acceptors (Lipinski definition) is 4. The molecule has 2 fully saturated rings. The maximum Gasteiger partial charge on any atom is 0.312 e. The molecule has 0 unspecified atom stereocenters. The van der Waals surface area contributed by atoms with Gasteiger partial charge in [-0.15, -0.1) is 0 Å². The molecule has 1 saturated carbocycles. The van der Waals surface area contributed by atoms with Gasteiger partial charge < -0.3 is 15.1 Å². The minimum absolute atomic E-state index is 0.144. The summed E-state index contributed by atoms with van der Waals surface area (Å²) in [7, 11) is 0. The van der Waals surface area contributed by atoms with Crippen LogP contribution in [0.1, 0.15) is 23.2 Å². The van der Waals surface area contributed by atoms with Crippen LogP contribution in [0.4, 0.5) is 0 Å². The molecule has 1 aliphatic heterocycles. The highest BCUT2D eigenvalue weighted by atomic mass is 35.5. The second-order valence-electron chi connectivity index (χ2n) is 6.98. The number of piperazine rings is 1. The zero-order valence-electron chi connectivity index (χ0n) is 15.2. The van der Waals surface area contributed by atoms with Crippen LogP contribution in [0, 0.1) is 0 Å². The van der Waals surface area contributed by atoms with Crippen molar-refractivity contribution in [3.63, 3.8) is 0 Å². The van der Waals surface area contributed by atoms with E-state index in [2.05, 4.69) is 10.4 Å². The summed E-state index contributed by atoms with van der Waals surface area (Å²) < 4.78 is 1.62. The first-order valence-electron chi connectivity index (χ1n) is 9.21. The molecule has 0 bridgehead atoms. The Bertz CT molecular complexity index is 899. The van der Waals surface area contributed by atoms with Gasteiger partial charge in [0.05, 0.1) is 17.4 Å². The van der Waals surface area contributed by atoms with Crippen LogP contribution in [-0.2, 0) is 9.59 Å². The van der Waals surface area contributed by atoms with Crippen molar-refractivity contribution in [2.24, 2.45) is 0 Å². The van der Waals surface area contributed by atoms with E-state index in [-0.39, 0.29) is 11.9 Å². The lowest BCUT2D eigenvalue weighted by molar-refractivity contribution is -0.146. The van der Waals surface area contributed by atoms with E-state index in [1.165, 1.54) is 11.1 Å². The normalized spacial score (nSPS) is 16.8. The second kappa shape index (κ2) is 7.63. The standard InChI is InChI=1S/C19H20ClN5O3/c20-14-1-5-16(6-2-14)25-12-13(11-21-25)18(27)23-7-9-24(10-8-23)19(28)17(26)22-15-3-4-15/h1-2,5-6,11-12,15H,3-4,7-10H2,(H,22,26). The summed E-state index contributed by atoms with van der Waals surface area (Å²) in [6.07, 6.45) is 5.07. The van der Waals surface area contributed by atoms with Gasteiger partial charge in [0.2, 0.25) is 0 Å². The number of halogens is 1. The van der Waals surface area contributed by atoms with Crippen molar-refractivity contribution in [2.75, 3.05) is 26.2 Å². The first-order valence-corrected chi connectivity index (χ1v) is 9.59. The summed E-state index contributed by atoms with van der Waals surface area (Å²) in [6, 6.07) is 7.31. The van der Waals surface area contributed by atoms with Crippen LogP contribution in [0.5, 0.6) is 0 Å². The molecule has 28 heavy (non-hydrogen) atoms. The molecule has 0 radical (unpaired) electrons. The number of carbonyl (C=O) groups excluding carboxylic acids is 3. The van der Waals surface area contributed by atoms with Crippen LogP contribution in [0.2, 0.25) is 5.02 Å². The van der Waals surface area contributed by atoms with E-state index >= 15 is 0 Å². The van der Waals surface area contributed by atoms with E-state index < -0.39 is 11.8 Å². The summed E-state index contributed by atoms with van der Waals surface area (Å²) in [5.41, 5.74) is 1.28. The van der Waals surface area contributed by atoms with E-state index in [0.717, 1.165) is 18.5 Å². The molecule has 8 nitrogen and oxygen atoms in total. The summed E-state index contributed by atoms with van der Waals surface area (Å²) >= 11 is 5.89. The number of nitrogens with one attached hydrogen (secondary N) is 1. The molecule has 2 heterocycles. The van der Waals surface area contributed by atoms with Crippen molar-refractivity contribution in [3.8, 4) is 5.69 Å². The number of rotatable bonds is 3. The van der Waals surface area contributed by atoms with Gasteiger partial charge in [-0.3, -0.25) is 14.4 Å². The maximum atomic E-state index is 12.7. The molecular weight excluding hydrogens is 382 g/mol. The molecular formula is C19H20ClN5O3. The smallest absolute Gasteiger partial charge is 0.312 e. The highest BCUT2D eigenvalue weighted by Crippen LogP contribution is 2.19. The fourth-order valence-corrected chi connectivity index (χ4v) is 3.21. The van der Waals surface area contributed by atoms with Gasteiger partial charge in [-0.05, 0) is 37.1 Å². The molecule has 1 N–H and O–H groups in total. The highest BCUT2D eigenvalue weighted by Gasteiger charge is 2.31. The zero-order chi connectivity index (χ0) is 19.7. The molecule has 0 spiro atoms. The average Bonchev–Trinajstić information content (AvgIpc) is 3.39. The number of nitrogens with zero attached hydrogens (tertiary/aromatic N) is 4. The minimum atomic E-state index is -0.550. The molecule has 4 rings (SSSR count). The monoisotopic (exact) mass is 401 g/mol. The molecule has 146 valence electrons. The number of carbonyl (C=O) groups is 3. The fourth-order valence-electron chi connectivity index (χ4n) is 3.08. The van der Waals surface area contributed by atoms with Gasteiger partial charge in [0.1, 0.15) is 0 Å². The number of hydrogen-bond donors (Lipinski definition) is 1. The van der Waals surface area contributed by atoms with Crippen LogP contribution in [0.15, 0.2) is 36.7 Å².